The zero-order valence-electron chi connectivity index (χ0n) is 14.2. The van der Waals surface area contributed by atoms with Crippen molar-refractivity contribution in [1.29, 1.82) is 0 Å². The minimum absolute atomic E-state index is 0.175. The van der Waals surface area contributed by atoms with Crippen molar-refractivity contribution >= 4 is 17.6 Å². The van der Waals surface area contributed by atoms with Crippen LogP contribution in [0.3, 0.4) is 0 Å². The van der Waals surface area contributed by atoms with Crippen LogP contribution in [-0.2, 0) is 9.59 Å². The summed E-state index contributed by atoms with van der Waals surface area (Å²) in [6.07, 6.45) is 3.99. The third-order valence-electron chi connectivity index (χ3n) is 4.80. The normalized spacial score (nSPS) is 19.0. The number of rotatable bonds is 5. The first-order valence-corrected chi connectivity index (χ1v) is 8.75. The molecule has 0 spiro atoms. The fraction of sp³-hybridized carbons (Fsp3) is 0.750. The predicted molar refractivity (Wildman–Crippen MR) is 87.5 cm³/mol. The molecule has 0 N–H and O–H groups in total. The highest BCUT2D eigenvalue weighted by Crippen LogP contribution is 2.17. The van der Waals surface area contributed by atoms with E-state index in [1.165, 1.54) is 0 Å². The van der Waals surface area contributed by atoms with Crippen LogP contribution in [0.1, 0.15) is 37.8 Å². The highest BCUT2D eigenvalue weighted by molar-refractivity contribution is 5.78. The molecule has 3 rings (SSSR count). The van der Waals surface area contributed by atoms with Gasteiger partial charge in [0.1, 0.15) is 5.69 Å². The van der Waals surface area contributed by atoms with Gasteiger partial charge in [0.2, 0.25) is 11.8 Å². The lowest BCUT2D eigenvalue weighted by Gasteiger charge is -2.35. The maximum absolute atomic E-state index is 12.3. The summed E-state index contributed by atoms with van der Waals surface area (Å²) in [6.45, 7) is 6.27. The zero-order chi connectivity index (χ0) is 16.9. The van der Waals surface area contributed by atoms with E-state index >= 15 is 0 Å². The van der Waals surface area contributed by atoms with E-state index in [9.17, 15) is 9.59 Å². The van der Waals surface area contributed by atoms with Gasteiger partial charge in [-0.2, -0.15) is 0 Å². The Kier molecular flexibility index (Phi) is 5.32. The molecule has 1 aromatic rings. The number of anilines is 1. The lowest BCUT2D eigenvalue weighted by atomic mass is 10.1. The molecule has 2 aliphatic rings. The average Bonchev–Trinajstić information content (AvgIpc) is 3.03. The number of hydrogen-bond acceptors (Lipinski definition) is 6. The largest absolute Gasteiger partial charge is 0.349 e. The third-order valence-corrected chi connectivity index (χ3v) is 4.80. The lowest BCUT2D eigenvalue weighted by molar-refractivity contribution is -0.135. The molecule has 2 aliphatic heterocycles. The average molecular weight is 335 g/mol. The van der Waals surface area contributed by atoms with Crippen molar-refractivity contribution in [2.75, 3.05) is 44.2 Å². The summed E-state index contributed by atoms with van der Waals surface area (Å²) in [5, 5.41) is 7.71. The molecular formula is C16H25N5O3. The summed E-state index contributed by atoms with van der Waals surface area (Å²) in [5.74, 6) is 1.18. The predicted octanol–water partition coefficient (Wildman–Crippen LogP) is 0.819. The molecule has 2 amide bonds. The van der Waals surface area contributed by atoms with Gasteiger partial charge in [0.05, 0.1) is 0 Å². The molecule has 1 aromatic heterocycles. The van der Waals surface area contributed by atoms with Crippen molar-refractivity contribution in [3.63, 3.8) is 0 Å². The van der Waals surface area contributed by atoms with Gasteiger partial charge < -0.3 is 14.7 Å². The van der Waals surface area contributed by atoms with E-state index in [0.717, 1.165) is 50.4 Å². The Morgan fingerprint density at radius 3 is 2.58 bits per heavy atom. The van der Waals surface area contributed by atoms with Gasteiger partial charge in [-0.1, -0.05) is 5.16 Å². The standard InChI is InChI=1S/C16H25N5O3/c1-13-16(18-24-17-13)21-11-9-20(10-12-21)15(23)6-4-8-19-7-3-2-5-14(19)22/h2-12H2,1H3. The molecule has 24 heavy (non-hydrogen) atoms. The molecule has 0 unspecified atom stereocenters. The quantitative estimate of drug-likeness (QED) is 0.792. The molecule has 0 radical (unpaired) electrons. The summed E-state index contributed by atoms with van der Waals surface area (Å²) in [5.41, 5.74) is 0.779. The van der Waals surface area contributed by atoms with Crippen LogP contribution in [-0.4, -0.2) is 71.2 Å². The van der Waals surface area contributed by atoms with Gasteiger partial charge in [-0.3, -0.25) is 9.59 Å². The maximum atomic E-state index is 12.3. The van der Waals surface area contributed by atoms with Crippen molar-refractivity contribution in [2.24, 2.45) is 0 Å². The van der Waals surface area contributed by atoms with Crippen LogP contribution in [0.25, 0.3) is 0 Å². The second-order valence-corrected chi connectivity index (χ2v) is 6.48. The first-order chi connectivity index (χ1) is 11.6. The maximum Gasteiger partial charge on any atom is 0.222 e. The van der Waals surface area contributed by atoms with Crippen LogP contribution in [0.2, 0.25) is 0 Å². The van der Waals surface area contributed by atoms with Crippen LogP contribution in [0.4, 0.5) is 5.82 Å². The van der Waals surface area contributed by atoms with Crippen LogP contribution < -0.4 is 4.90 Å². The van der Waals surface area contributed by atoms with Gasteiger partial charge in [0.15, 0.2) is 5.82 Å². The highest BCUT2D eigenvalue weighted by atomic mass is 16.6. The number of aromatic nitrogens is 2. The van der Waals surface area contributed by atoms with Crippen LogP contribution >= 0.6 is 0 Å². The van der Waals surface area contributed by atoms with Gasteiger partial charge in [0, 0.05) is 52.1 Å². The van der Waals surface area contributed by atoms with Crippen LogP contribution in [0.15, 0.2) is 4.63 Å². The SMILES string of the molecule is Cc1nonc1N1CCN(C(=O)CCCN2CCCCC2=O)CC1. The smallest absolute Gasteiger partial charge is 0.222 e. The second-order valence-electron chi connectivity index (χ2n) is 6.48. The van der Waals surface area contributed by atoms with E-state index in [-0.39, 0.29) is 11.8 Å². The Morgan fingerprint density at radius 2 is 1.92 bits per heavy atom. The summed E-state index contributed by atoms with van der Waals surface area (Å²) in [4.78, 5) is 30.0. The molecule has 8 nitrogen and oxygen atoms in total. The Hall–Kier alpha value is -2.12. The van der Waals surface area contributed by atoms with Crippen molar-refractivity contribution in [2.45, 2.75) is 39.0 Å². The number of piperidine rings is 1. The molecule has 8 heteroatoms. The number of carbonyl (C=O) groups is 2. The number of aryl methyl sites for hydroxylation is 1. The Labute approximate surface area is 141 Å². The fourth-order valence-electron chi connectivity index (χ4n) is 3.36. The van der Waals surface area contributed by atoms with Gasteiger partial charge >= 0.3 is 0 Å². The lowest BCUT2D eigenvalue weighted by Crippen LogP contribution is -2.49. The summed E-state index contributed by atoms with van der Waals surface area (Å²) < 4.78 is 4.74. The number of nitrogens with zero attached hydrogens (tertiary/aromatic N) is 5. The number of carbonyl (C=O) groups excluding carboxylic acids is 2. The molecular weight excluding hydrogens is 310 g/mol. The molecule has 0 aromatic carbocycles. The molecule has 0 aliphatic carbocycles. The summed E-state index contributed by atoms with van der Waals surface area (Å²) in [7, 11) is 0. The number of likely N-dealkylation sites (tertiary alicyclic amines) is 1. The van der Waals surface area contributed by atoms with E-state index in [2.05, 4.69) is 15.2 Å². The summed E-state index contributed by atoms with van der Waals surface area (Å²) >= 11 is 0. The topological polar surface area (TPSA) is 82.8 Å². The van der Waals surface area contributed by atoms with E-state index in [1.54, 1.807) is 0 Å². The zero-order valence-corrected chi connectivity index (χ0v) is 14.2. The molecule has 132 valence electrons. The van der Waals surface area contributed by atoms with Crippen molar-refractivity contribution in [3.05, 3.63) is 5.69 Å². The first kappa shape index (κ1) is 16.7. The molecule has 0 bridgehead atoms. The van der Waals surface area contributed by atoms with Gasteiger partial charge in [0.25, 0.3) is 0 Å². The molecule has 0 atom stereocenters. The van der Waals surface area contributed by atoms with Crippen molar-refractivity contribution < 1.29 is 14.2 Å². The van der Waals surface area contributed by atoms with E-state index in [0.29, 0.717) is 32.5 Å². The first-order valence-electron chi connectivity index (χ1n) is 8.75. The van der Waals surface area contributed by atoms with Crippen molar-refractivity contribution in [3.8, 4) is 0 Å². The number of hydrogen-bond donors (Lipinski definition) is 0. The number of piperazine rings is 1. The molecule has 0 saturated carbocycles. The van der Waals surface area contributed by atoms with Crippen LogP contribution in [0.5, 0.6) is 0 Å². The summed E-state index contributed by atoms with van der Waals surface area (Å²) in [6, 6.07) is 0. The van der Waals surface area contributed by atoms with Crippen LogP contribution in [0, 0.1) is 6.92 Å². The minimum atomic E-state index is 0.175. The Morgan fingerprint density at radius 1 is 1.12 bits per heavy atom. The van der Waals surface area contributed by atoms with Gasteiger partial charge in [-0.05, 0) is 31.3 Å². The third kappa shape index (κ3) is 3.85. The van der Waals surface area contributed by atoms with Gasteiger partial charge in [-0.25, -0.2) is 4.63 Å². The highest BCUT2D eigenvalue weighted by Gasteiger charge is 2.24. The van der Waals surface area contributed by atoms with Crippen molar-refractivity contribution in [1.82, 2.24) is 20.1 Å². The van der Waals surface area contributed by atoms with E-state index < -0.39 is 0 Å². The molecule has 2 fully saturated rings. The Balaban J connectivity index is 1.39. The Bertz CT molecular complexity index is 580. The van der Waals surface area contributed by atoms with E-state index in [4.69, 9.17) is 4.63 Å². The monoisotopic (exact) mass is 335 g/mol. The molecule has 2 saturated heterocycles. The molecule has 3 heterocycles. The minimum Gasteiger partial charge on any atom is -0.349 e. The fourth-order valence-corrected chi connectivity index (χ4v) is 3.36. The van der Waals surface area contributed by atoms with E-state index in [1.807, 2.05) is 16.7 Å². The van der Waals surface area contributed by atoms with Gasteiger partial charge in [-0.15, -0.1) is 0 Å². The number of amides is 2. The second kappa shape index (κ2) is 7.63.